The molecular formula is C21H30N2O. The van der Waals surface area contributed by atoms with Crippen LogP contribution in [0.25, 0.3) is 10.8 Å². The molecule has 2 atom stereocenters. The first kappa shape index (κ1) is 17.2. The number of hydrogen-bond donors (Lipinski definition) is 1. The summed E-state index contributed by atoms with van der Waals surface area (Å²) >= 11 is 0. The summed E-state index contributed by atoms with van der Waals surface area (Å²) in [5, 5.41) is 6.13. The lowest BCUT2D eigenvalue weighted by Crippen LogP contribution is -2.46. The monoisotopic (exact) mass is 326 g/mol. The average Bonchev–Trinajstić information content (AvgIpc) is 2.64. The lowest BCUT2D eigenvalue weighted by molar-refractivity contribution is 0.126. The lowest BCUT2D eigenvalue weighted by atomic mass is 9.87. The summed E-state index contributed by atoms with van der Waals surface area (Å²) in [6.45, 7) is 11.8. The van der Waals surface area contributed by atoms with Crippen molar-refractivity contribution in [3.8, 4) is 5.75 Å². The van der Waals surface area contributed by atoms with Gasteiger partial charge in [0, 0.05) is 37.8 Å². The van der Waals surface area contributed by atoms with Crippen LogP contribution in [0.15, 0.2) is 36.4 Å². The highest BCUT2D eigenvalue weighted by Gasteiger charge is 2.30. The maximum Gasteiger partial charge on any atom is 0.124 e. The fourth-order valence-electron chi connectivity index (χ4n) is 3.87. The zero-order valence-corrected chi connectivity index (χ0v) is 15.2. The third kappa shape index (κ3) is 3.42. The third-order valence-electron chi connectivity index (χ3n) is 5.25. The predicted octanol–water partition coefficient (Wildman–Crippen LogP) is 4.23. The first-order valence-electron chi connectivity index (χ1n) is 9.35. The minimum Gasteiger partial charge on any atom is -0.494 e. The van der Waals surface area contributed by atoms with Gasteiger partial charge in [0.05, 0.1) is 6.61 Å². The standard InChI is InChI=1S/C21H30N2O/c1-4-16(3)21(23-14-12-22-13-15-23)20-18-9-7-6-8-17(18)10-11-19(20)24-5-2/h6-11,16,21-22H,4-5,12-15H2,1-3H3/t16?,21-/m1/s1. The van der Waals surface area contributed by atoms with Crippen molar-refractivity contribution in [1.29, 1.82) is 0 Å². The first-order valence-corrected chi connectivity index (χ1v) is 9.35. The highest BCUT2D eigenvalue weighted by Crippen LogP contribution is 2.41. The van der Waals surface area contributed by atoms with Gasteiger partial charge in [-0.1, -0.05) is 50.6 Å². The normalized spacial score (nSPS) is 18.5. The van der Waals surface area contributed by atoms with Crippen LogP contribution >= 0.6 is 0 Å². The van der Waals surface area contributed by atoms with Crippen LogP contribution in [0, 0.1) is 5.92 Å². The maximum atomic E-state index is 6.07. The van der Waals surface area contributed by atoms with Crippen LogP contribution in [0.4, 0.5) is 0 Å². The molecule has 3 nitrogen and oxygen atoms in total. The first-order chi connectivity index (χ1) is 11.8. The van der Waals surface area contributed by atoms with Gasteiger partial charge < -0.3 is 10.1 Å². The lowest BCUT2D eigenvalue weighted by Gasteiger charge is -2.39. The fraction of sp³-hybridized carbons (Fsp3) is 0.524. The van der Waals surface area contributed by atoms with E-state index in [2.05, 4.69) is 67.4 Å². The van der Waals surface area contributed by atoms with E-state index in [1.54, 1.807) is 0 Å². The highest BCUT2D eigenvalue weighted by atomic mass is 16.5. The minimum atomic E-state index is 0.407. The largest absolute Gasteiger partial charge is 0.494 e. The molecule has 0 spiro atoms. The summed E-state index contributed by atoms with van der Waals surface area (Å²) in [4.78, 5) is 2.65. The topological polar surface area (TPSA) is 24.5 Å². The van der Waals surface area contributed by atoms with Gasteiger partial charge >= 0.3 is 0 Å². The minimum absolute atomic E-state index is 0.407. The Balaban J connectivity index is 2.15. The second-order valence-electron chi connectivity index (χ2n) is 6.75. The second kappa shape index (κ2) is 8.00. The predicted molar refractivity (Wildman–Crippen MR) is 102 cm³/mol. The van der Waals surface area contributed by atoms with Crippen molar-refractivity contribution in [2.75, 3.05) is 32.8 Å². The number of rotatable bonds is 6. The molecule has 1 saturated heterocycles. The quantitative estimate of drug-likeness (QED) is 0.860. The molecule has 0 bridgehead atoms. The Hall–Kier alpha value is -1.58. The van der Waals surface area contributed by atoms with E-state index in [4.69, 9.17) is 4.74 Å². The van der Waals surface area contributed by atoms with Crippen LogP contribution in [0.3, 0.4) is 0 Å². The van der Waals surface area contributed by atoms with E-state index in [0.717, 1.165) is 31.9 Å². The number of nitrogens with one attached hydrogen (secondary N) is 1. The molecule has 0 aliphatic carbocycles. The van der Waals surface area contributed by atoms with E-state index >= 15 is 0 Å². The molecule has 2 aromatic carbocycles. The Morgan fingerprint density at radius 1 is 1.08 bits per heavy atom. The number of fused-ring (bicyclic) bond motifs is 1. The van der Waals surface area contributed by atoms with Gasteiger partial charge in [-0.15, -0.1) is 0 Å². The number of benzene rings is 2. The Morgan fingerprint density at radius 2 is 1.83 bits per heavy atom. The van der Waals surface area contributed by atoms with E-state index in [0.29, 0.717) is 18.6 Å². The molecule has 0 radical (unpaired) electrons. The van der Waals surface area contributed by atoms with E-state index in [9.17, 15) is 0 Å². The molecule has 1 heterocycles. The van der Waals surface area contributed by atoms with Gasteiger partial charge in [0.1, 0.15) is 5.75 Å². The van der Waals surface area contributed by atoms with Crippen molar-refractivity contribution < 1.29 is 4.74 Å². The molecule has 130 valence electrons. The summed E-state index contributed by atoms with van der Waals surface area (Å²) < 4.78 is 6.07. The van der Waals surface area contributed by atoms with Crippen molar-refractivity contribution in [2.45, 2.75) is 33.2 Å². The zero-order chi connectivity index (χ0) is 16.9. The van der Waals surface area contributed by atoms with Gasteiger partial charge in [-0.3, -0.25) is 4.90 Å². The third-order valence-corrected chi connectivity index (χ3v) is 5.25. The molecule has 1 unspecified atom stereocenters. The molecule has 0 saturated carbocycles. The van der Waals surface area contributed by atoms with Gasteiger partial charge in [0.15, 0.2) is 0 Å². The Bertz CT molecular complexity index is 664. The molecule has 3 heteroatoms. The smallest absolute Gasteiger partial charge is 0.124 e. The van der Waals surface area contributed by atoms with Gasteiger partial charge in [0.2, 0.25) is 0 Å². The molecule has 1 N–H and O–H groups in total. The molecule has 3 rings (SSSR count). The van der Waals surface area contributed by atoms with Crippen molar-refractivity contribution in [3.63, 3.8) is 0 Å². The van der Waals surface area contributed by atoms with Gasteiger partial charge in [-0.25, -0.2) is 0 Å². The number of piperazine rings is 1. The molecular weight excluding hydrogens is 296 g/mol. The summed E-state index contributed by atoms with van der Waals surface area (Å²) in [7, 11) is 0. The van der Waals surface area contributed by atoms with Crippen LogP contribution in [0.1, 0.15) is 38.8 Å². The molecule has 1 aliphatic heterocycles. The summed E-state index contributed by atoms with van der Waals surface area (Å²) in [5.41, 5.74) is 1.38. The van der Waals surface area contributed by atoms with E-state index in [1.165, 1.54) is 22.8 Å². The highest BCUT2D eigenvalue weighted by molar-refractivity contribution is 5.88. The molecule has 1 fully saturated rings. The number of ether oxygens (including phenoxy) is 1. The maximum absolute atomic E-state index is 6.07. The van der Waals surface area contributed by atoms with Crippen LogP contribution in [-0.2, 0) is 0 Å². The van der Waals surface area contributed by atoms with Crippen LogP contribution < -0.4 is 10.1 Å². The second-order valence-corrected chi connectivity index (χ2v) is 6.75. The van der Waals surface area contributed by atoms with Gasteiger partial charge in [0.25, 0.3) is 0 Å². The molecule has 24 heavy (non-hydrogen) atoms. The van der Waals surface area contributed by atoms with Crippen LogP contribution in [0.2, 0.25) is 0 Å². The SMILES string of the molecule is CCOc1ccc2ccccc2c1[C@@H](C(C)CC)N1CCNCC1. The molecule has 2 aromatic rings. The van der Waals surface area contributed by atoms with E-state index in [-0.39, 0.29) is 0 Å². The van der Waals surface area contributed by atoms with E-state index in [1.807, 2.05) is 0 Å². The molecule has 0 aromatic heterocycles. The Kier molecular flexibility index (Phi) is 5.75. The zero-order valence-electron chi connectivity index (χ0n) is 15.2. The van der Waals surface area contributed by atoms with Crippen molar-refractivity contribution in [3.05, 3.63) is 42.0 Å². The van der Waals surface area contributed by atoms with Crippen molar-refractivity contribution in [1.82, 2.24) is 10.2 Å². The summed E-state index contributed by atoms with van der Waals surface area (Å²) in [6, 6.07) is 13.5. The van der Waals surface area contributed by atoms with E-state index < -0.39 is 0 Å². The van der Waals surface area contributed by atoms with Crippen LogP contribution in [0.5, 0.6) is 5.75 Å². The van der Waals surface area contributed by atoms with Crippen LogP contribution in [-0.4, -0.2) is 37.7 Å². The summed E-state index contributed by atoms with van der Waals surface area (Å²) in [6.07, 6.45) is 1.17. The Morgan fingerprint density at radius 3 is 2.54 bits per heavy atom. The fourth-order valence-corrected chi connectivity index (χ4v) is 3.87. The number of hydrogen-bond acceptors (Lipinski definition) is 3. The van der Waals surface area contributed by atoms with Gasteiger partial charge in [-0.05, 0) is 29.7 Å². The molecule has 0 amide bonds. The summed E-state index contributed by atoms with van der Waals surface area (Å²) in [5.74, 6) is 1.65. The van der Waals surface area contributed by atoms with Crippen molar-refractivity contribution in [2.24, 2.45) is 5.92 Å². The van der Waals surface area contributed by atoms with Crippen molar-refractivity contribution >= 4 is 10.8 Å². The molecule has 1 aliphatic rings. The number of nitrogens with zero attached hydrogens (tertiary/aromatic N) is 1. The van der Waals surface area contributed by atoms with Gasteiger partial charge in [-0.2, -0.15) is 0 Å². The Labute approximate surface area is 146 Å². The average molecular weight is 326 g/mol.